The quantitative estimate of drug-likeness (QED) is 0.569. The zero-order chi connectivity index (χ0) is 18.1. The van der Waals surface area contributed by atoms with Crippen molar-refractivity contribution in [2.24, 2.45) is 0 Å². The Hall–Kier alpha value is -3.02. The van der Waals surface area contributed by atoms with Gasteiger partial charge in [0.2, 0.25) is 5.91 Å². The van der Waals surface area contributed by atoms with Crippen LogP contribution in [-0.2, 0) is 9.53 Å². The lowest BCUT2D eigenvalue weighted by atomic mass is 10.2. The normalized spacial score (nSPS) is 10.0. The molecule has 0 spiro atoms. The van der Waals surface area contributed by atoms with E-state index in [9.17, 15) is 9.59 Å². The van der Waals surface area contributed by atoms with Crippen LogP contribution in [0.4, 0.5) is 5.69 Å². The molecule has 0 unspecified atom stereocenters. The van der Waals surface area contributed by atoms with E-state index >= 15 is 0 Å². The van der Waals surface area contributed by atoms with Gasteiger partial charge in [-0.1, -0.05) is 18.2 Å². The molecule has 1 amide bonds. The summed E-state index contributed by atoms with van der Waals surface area (Å²) in [6, 6.07) is 14.5. The zero-order valence-electron chi connectivity index (χ0n) is 14.4. The van der Waals surface area contributed by atoms with Gasteiger partial charge < -0.3 is 20.1 Å². The summed E-state index contributed by atoms with van der Waals surface area (Å²) in [6.45, 7) is 2.91. The molecule has 0 aromatic heterocycles. The number of hydrogen-bond acceptors (Lipinski definition) is 5. The number of carbonyl (C=O) groups is 2. The zero-order valence-corrected chi connectivity index (χ0v) is 14.4. The SMILES string of the molecule is COC(=O)c1cccc(NCC(=O)NCCOc2cccc(C)c2)c1. The number of aryl methyl sites for hydroxylation is 1. The van der Waals surface area contributed by atoms with Crippen LogP contribution >= 0.6 is 0 Å². The smallest absolute Gasteiger partial charge is 0.337 e. The molecule has 0 aliphatic carbocycles. The minimum atomic E-state index is -0.415. The second-order valence-corrected chi connectivity index (χ2v) is 5.44. The lowest BCUT2D eigenvalue weighted by Crippen LogP contribution is -2.33. The number of nitrogens with one attached hydrogen (secondary N) is 2. The summed E-state index contributed by atoms with van der Waals surface area (Å²) in [6.07, 6.45) is 0. The Balaban J connectivity index is 1.69. The lowest BCUT2D eigenvalue weighted by Gasteiger charge is -2.10. The predicted molar refractivity (Wildman–Crippen MR) is 96.0 cm³/mol. The van der Waals surface area contributed by atoms with Gasteiger partial charge in [0.25, 0.3) is 0 Å². The van der Waals surface area contributed by atoms with E-state index in [0.29, 0.717) is 24.4 Å². The van der Waals surface area contributed by atoms with Crippen molar-refractivity contribution in [3.8, 4) is 5.75 Å². The van der Waals surface area contributed by atoms with Crippen molar-refractivity contribution in [3.05, 3.63) is 59.7 Å². The van der Waals surface area contributed by atoms with Gasteiger partial charge in [-0.05, 0) is 42.8 Å². The number of rotatable bonds is 8. The number of amides is 1. The van der Waals surface area contributed by atoms with Crippen LogP contribution in [0.2, 0.25) is 0 Å². The summed E-state index contributed by atoms with van der Waals surface area (Å²) in [5, 5.41) is 5.74. The molecule has 0 saturated heterocycles. The maximum absolute atomic E-state index is 11.8. The molecule has 0 atom stereocenters. The number of esters is 1. The maximum atomic E-state index is 11.8. The lowest BCUT2D eigenvalue weighted by molar-refractivity contribution is -0.119. The monoisotopic (exact) mass is 342 g/mol. The predicted octanol–water partition coefficient (Wildman–Crippen LogP) is 2.39. The van der Waals surface area contributed by atoms with Crippen molar-refractivity contribution in [2.75, 3.05) is 32.1 Å². The van der Waals surface area contributed by atoms with E-state index in [1.807, 2.05) is 31.2 Å². The Morgan fingerprint density at radius 3 is 2.64 bits per heavy atom. The third-order valence-electron chi connectivity index (χ3n) is 3.42. The van der Waals surface area contributed by atoms with Gasteiger partial charge in [-0.2, -0.15) is 0 Å². The summed E-state index contributed by atoms with van der Waals surface area (Å²) in [5.74, 6) is 0.213. The van der Waals surface area contributed by atoms with Gasteiger partial charge in [0.1, 0.15) is 12.4 Å². The van der Waals surface area contributed by atoms with Crippen molar-refractivity contribution in [1.29, 1.82) is 0 Å². The van der Waals surface area contributed by atoms with Crippen LogP contribution in [0.25, 0.3) is 0 Å². The molecular formula is C19H22N2O4. The van der Waals surface area contributed by atoms with E-state index < -0.39 is 5.97 Å². The number of methoxy groups -OCH3 is 1. The van der Waals surface area contributed by atoms with E-state index in [1.54, 1.807) is 24.3 Å². The van der Waals surface area contributed by atoms with Crippen molar-refractivity contribution in [2.45, 2.75) is 6.92 Å². The largest absolute Gasteiger partial charge is 0.492 e. The molecule has 0 heterocycles. The number of anilines is 1. The van der Waals surface area contributed by atoms with E-state index in [4.69, 9.17) is 4.74 Å². The first kappa shape index (κ1) is 18.3. The van der Waals surface area contributed by atoms with Crippen LogP contribution in [-0.4, -0.2) is 38.7 Å². The Labute approximate surface area is 147 Å². The highest BCUT2D eigenvalue weighted by Gasteiger charge is 2.06. The molecule has 2 rings (SSSR count). The molecule has 2 aromatic rings. The first-order valence-electron chi connectivity index (χ1n) is 7.97. The number of benzene rings is 2. The van der Waals surface area contributed by atoms with Gasteiger partial charge in [-0.15, -0.1) is 0 Å². The van der Waals surface area contributed by atoms with Gasteiger partial charge >= 0.3 is 5.97 Å². The highest BCUT2D eigenvalue weighted by Crippen LogP contribution is 2.12. The van der Waals surface area contributed by atoms with Crippen LogP contribution in [0.3, 0.4) is 0 Å². The third-order valence-corrected chi connectivity index (χ3v) is 3.42. The standard InChI is InChI=1S/C19H22N2O4/c1-14-5-3-8-17(11-14)25-10-9-20-18(22)13-21-16-7-4-6-15(12-16)19(23)24-2/h3-8,11-12,21H,9-10,13H2,1-2H3,(H,20,22). The number of ether oxygens (including phenoxy) is 2. The van der Waals surface area contributed by atoms with Crippen LogP contribution in [0, 0.1) is 6.92 Å². The summed E-state index contributed by atoms with van der Waals surface area (Å²) >= 11 is 0. The molecule has 2 N–H and O–H groups in total. The Kier molecular flexibility index (Phi) is 6.83. The van der Waals surface area contributed by atoms with Crippen LogP contribution < -0.4 is 15.4 Å². The molecule has 25 heavy (non-hydrogen) atoms. The summed E-state index contributed by atoms with van der Waals surface area (Å²) < 4.78 is 10.2. The molecule has 2 aromatic carbocycles. The average Bonchev–Trinajstić information content (AvgIpc) is 2.63. The van der Waals surface area contributed by atoms with Gasteiger partial charge in [-0.3, -0.25) is 4.79 Å². The molecule has 0 saturated carbocycles. The highest BCUT2D eigenvalue weighted by molar-refractivity contribution is 5.90. The summed E-state index contributed by atoms with van der Waals surface area (Å²) in [4.78, 5) is 23.3. The molecule has 6 nitrogen and oxygen atoms in total. The number of carbonyl (C=O) groups excluding carboxylic acids is 2. The average molecular weight is 342 g/mol. The van der Waals surface area contributed by atoms with Crippen molar-refractivity contribution in [3.63, 3.8) is 0 Å². The third kappa shape index (κ3) is 6.18. The minimum absolute atomic E-state index is 0.106. The summed E-state index contributed by atoms with van der Waals surface area (Å²) in [7, 11) is 1.33. The maximum Gasteiger partial charge on any atom is 0.337 e. The van der Waals surface area contributed by atoms with E-state index in [1.165, 1.54) is 7.11 Å². The fourth-order valence-electron chi connectivity index (χ4n) is 2.18. The first-order valence-corrected chi connectivity index (χ1v) is 7.97. The van der Waals surface area contributed by atoms with Crippen LogP contribution in [0.1, 0.15) is 15.9 Å². The van der Waals surface area contributed by atoms with Gasteiger partial charge in [-0.25, -0.2) is 4.79 Å². The molecule has 0 radical (unpaired) electrons. The van der Waals surface area contributed by atoms with Gasteiger partial charge in [0, 0.05) is 5.69 Å². The van der Waals surface area contributed by atoms with Crippen molar-refractivity contribution < 1.29 is 19.1 Å². The Bertz CT molecular complexity index is 731. The molecular weight excluding hydrogens is 320 g/mol. The molecule has 0 aliphatic heterocycles. The summed E-state index contributed by atoms with van der Waals surface area (Å²) in [5.41, 5.74) is 2.23. The molecule has 0 fully saturated rings. The molecule has 6 heteroatoms. The van der Waals surface area contributed by atoms with E-state index in [0.717, 1.165) is 11.3 Å². The minimum Gasteiger partial charge on any atom is -0.492 e. The van der Waals surface area contributed by atoms with Gasteiger partial charge in [0.15, 0.2) is 0 Å². The molecule has 0 aliphatic rings. The second-order valence-electron chi connectivity index (χ2n) is 5.44. The van der Waals surface area contributed by atoms with Crippen molar-refractivity contribution >= 4 is 17.6 Å². The molecule has 132 valence electrons. The topological polar surface area (TPSA) is 76.7 Å². The first-order chi connectivity index (χ1) is 12.1. The van der Waals surface area contributed by atoms with E-state index in [-0.39, 0.29) is 12.5 Å². The Morgan fingerprint density at radius 2 is 1.88 bits per heavy atom. The van der Waals surface area contributed by atoms with Crippen LogP contribution in [0.15, 0.2) is 48.5 Å². The number of hydrogen-bond donors (Lipinski definition) is 2. The van der Waals surface area contributed by atoms with Gasteiger partial charge in [0.05, 0.1) is 25.8 Å². The van der Waals surface area contributed by atoms with E-state index in [2.05, 4.69) is 15.4 Å². The van der Waals surface area contributed by atoms with Crippen LogP contribution in [0.5, 0.6) is 5.75 Å². The fraction of sp³-hybridized carbons (Fsp3) is 0.263. The highest BCUT2D eigenvalue weighted by atomic mass is 16.5. The van der Waals surface area contributed by atoms with Crippen molar-refractivity contribution in [1.82, 2.24) is 5.32 Å². The molecule has 0 bridgehead atoms. The fourth-order valence-corrected chi connectivity index (χ4v) is 2.18. The Morgan fingerprint density at radius 1 is 1.08 bits per heavy atom. The second kappa shape index (κ2) is 9.32.